The molecule has 2 atom stereocenters. The molecule has 96 valence electrons. The molecule has 2 fully saturated rings. The van der Waals surface area contributed by atoms with Crippen molar-refractivity contribution < 1.29 is 9.59 Å². The second-order valence-electron chi connectivity index (χ2n) is 4.78. The number of rotatable bonds is 3. The predicted molar refractivity (Wildman–Crippen MR) is 63.6 cm³/mol. The number of piperazine rings is 1. The smallest absolute Gasteiger partial charge is 0.317 e. The molecule has 6 heteroatoms. The maximum Gasteiger partial charge on any atom is 0.317 e. The van der Waals surface area contributed by atoms with Gasteiger partial charge >= 0.3 is 6.03 Å². The number of fused-ring (bicyclic) bond motifs is 1. The summed E-state index contributed by atoms with van der Waals surface area (Å²) in [5.41, 5.74) is 0. The van der Waals surface area contributed by atoms with Crippen LogP contribution in [0.4, 0.5) is 4.79 Å². The Balaban J connectivity index is 1.92. The first-order valence-electron chi connectivity index (χ1n) is 6.11. The summed E-state index contributed by atoms with van der Waals surface area (Å²) in [6.07, 6.45) is 0. The Hall–Kier alpha value is -1.30. The van der Waals surface area contributed by atoms with Crippen molar-refractivity contribution in [1.29, 1.82) is 0 Å². The van der Waals surface area contributed by atoms with E-state index in [1.165, 1.54) is 0 Å². The average Bonchev–Trinajstić information content (AvgIpc) is 2.70. The zero-order valence-corrected chi connectivity index (χ0v) is 10.4. The molecule has 2 aliphatic heterocycles. The van der Waals surface area contributed by atoms with Gasteiger partial charge in [0, 0.05) is 38.6 Å². The van der Waals surface area contributed by atoms with Crippen molar-refractivity contribution in [3.05, 3.63) is 0 Å². The van der Waals surface area contributed by atoms with E-state index in [0.717, 1.165) is 0 Å². The lowest BCUT2D eigenvalue weighted by molar-refractivity contribution is -0.137. The first-order valence-corrected chi connectivity index (χ1v) is 6.11. The molecule has 3 amide bonds. The van der Waals surface area contributed by atoms with Crippen molar-refractivity contribution in [2.24, 2.45) is 5.92 Å². The molecule has 2 N–H and O–H groups in total. The third-order valence-corrected chi connectivity index (χ3v) is 3.48. The summed E-state index contributed by atoms with van der Waals surface area (Å²) >= 11 is 0. The van der Waals surface area contributed by atoms with Crippen LogP contribution in [0.5, 0.6) is 0 Å². The van der Waals surface area contributed by atoms with E-state index in [9.17, 15) is 9.59 Å². The molecule has 6 nitrogen and oxygen atoms in total. The third-order valence-electron chi connectivity index (χ3n) is 3.48. The molecular formula is C11H20N4O2. The number of carbonyl (C=O) groups is 2. The molecule has 0 bridgehead atoms. The fourth-order valence-corrected chi connectivity index (χ4v) is 2.51. The van der Waals surface area contributed by atoms with Crippen molar-refractivity contribution in [2.45, 2.75) is 13.0 Å². The molecule has 0 saturated carbocycles. The van der Waals surface area contributed by atoms with E-state index < -0.39 is 0 Å². The van der Waals surface area contributed by atoms with Crippen LogP contribution in [0.25, 0.3) is 0 Å². The summed E-state index contributed by atoms with van der Waals surface area (Å²) in [5.74, 6) is 0.176. The number of urea groups is 1. The standard InChI is InChI=1S/C11H20N4O2/c1-8(5-12-2)10(16)14-3-4-15-9(7-14)6-13-11(15)17/h8-9,12H,3-7H2,1-2H3,(H,13,17). The van der Waals surface area contributed by atoms with Gasteiger partial charge in [0.1, 0.15) is 0 Å². The monoisotopic (exact) mass is 240 g/mol. The number of nitrogens with one attached hydrogen (secondary N) is 2. The Kier molecular flexibility index (Phi) is 3.51. The van der Waals surface area contributed by atoms with Crippen LogP contribution >= 0.6 is 0 Å². The van der Waals surface area contributed by atoms with Crippen molar-refractivity contribution in [3.8, 4) is 0 Å². The van der Waals surface area contributed by atoms with Crippen LogP contribution < -0.4 is 10.6 Å². The van der Waals surface area contributed by atoms with Gasteiger partial charge in [-0.3, -0.25) is 4.79 Å². The maximum absolute atomic E-state index is 12.1. The molecule has 0 aliphatic carbocycles. The van der Waals surface area contributed by atoms with E-state index in [-0.39, 0.29) is 23.9 Å². The highest BCUT2D eigenvalue weighted by atomic mass is 16.2. The first kappa shape index (κ1) is 12.2. The minimum Gasteiger partial charge on any atom is -0.339 e. The van der Waals surface area contributed by atoms with Gasteiger partial charge in [-0.2, -0.15) is 0 Å². The van der Waals surface area contributed by atoms with Crippen LogP contribution in [0.1, 0.15) is 6.92 Å². The molecule has 2 saturated heterocycles. The van der Waals surface area contributed by atoms with Crippen molar-refractivity contribution in [1.82, 2.24) is 20.4 Å². The van der Waals surface area contributed by atoms with Gasteiger partial charge in [0.05, 0.1) is 6.04 Å². The van der Waals surface area contributed by atoms with Crippen molar-refractivity contribution in [3.63, 3.8) is 0 Å². The Labute approximate surface area is 101 Å². The molecule has 2 rings (SSSR count). The van der Waals surface area contributed by atoms with Crippen molar-refractivity contribution in [2.75, 3.05) is 39.8 Å². The zero-order valence-electron chi connectivity index (χ0n) is 10.4. The summed E-state index contributed by atoms with van der Waals surface area (Å²) in [5, 5.41) is 5.83. The normalized spacial score (nSPS) is 25.5. The summed E-state index contributed by atoms with van der Waals surface area (Å²) in [4.78, 5) is 27.2. The SMILES string of the molecule is CNCC(C)C(=O)N1CCN2C(=O)NCC2C1. The zero-order chi connectivity index (χ0) is 12.4. The number of carbonyl (C=O) groups excluding carboxylic acids is 2. The van der Waals surface area contributed by atoms with Gasteiger partial charge in [-0.25, -0.2) is 4.79 Å². The molecule has 2 unspecified atom stereocenters. The molecule has 17 heavy (non-hydrogen) atoms. The number of nitrogens with zero attached hydrogens (tertiary/aromatic N) is 2. The molecule has 0 spiro atoms. The average molecular weight is 240 g/mol. The molecule has 0 aromatic heterocycles. The third kappa shape index (κ3) is 2.36. The molecule has 0 radical (unpaired) electrons. The van der Waals surface area contributed by atoms with E-state index in [1.54, 1.807) is 0 Å². The van der Waals surface area contributed by atoms with E-state index in [2.05, 4.69) is 10.6 Å². The number of amides is 3. The van der Waals surface area contributed by atoms with Crippen LogP contribution in [0, 0.1) is 5.92 Å². The Morgan fingerprint density at radius 1 is 1.59 bits per heavy atom. The lowest BCUT2D eigenvalue weighted by Crippen LogP contribution is -2.55. The van der Waals surface area contributed by atoms with E-state index in [1.807, 2.05) is 23.8 Å². The summed E-state index contributed by atoms with van der Waals surface area (Å²) in [7, 11) is 1.85. The Bertz CT molecular complexity index is 321. The Morgan fingerprint density at radius 3 is 3.06 bits per heavy atom. The quantitative estimate of drug-likeness (QED) is 0.670. The van der Waals surface area contributed by atoms with Crippen LogP contribution in [-0.2, 0) is 4.79 Å². The molecule has 2 heterocycles. The number of hydrogen-bond acceptors (Lipinski definition) is 3. The van der Waals surface area contributed by atoms with Crippen molar-refractivity contribution >= 4 is 11.9 Å². The molecule has 2 aliphatic rings. The van der Waals surface area contributed by atoms with Gasteiger partial charge in [0.15, 0.2) is 0 Å². The fourth-order valence-electron chi connectivity index (χ4n) is 2.51. The highest BCUT2D eigenvalue weighted by Gasteiger charge is 2.37. The van der Waals surface area contributed by atoms with E-state index in [4.69, 9.17) is 0 Å². The van der Waals surface area contributed by atoms with Gasteiger partial charge in [-0.05, 0) is 7.05 Å². The molecular weight excluding hydrogens is 220 g/mol. The fraction of sp³-hybridized carbons (Fsp3) is 0.818. The highest BCUT2D eigenvalue weighted by Crippen LogP contribution is 2.15. The van der Waals surface area contributed by atoms with Gasteiger partial charge in [-0.1, -0.05) is 6.92 Å². The van der Waals surface area contributed by atoms with E-state index >= 15 is 0 Å². The van der Waals surface area contributed by atoms with Gasteiger partial charge in [-0.15, -0.1) is 0 Å². The van der Waals surface area contributed by atoms with Crippen LogP contribution in [-0.4, -0.2) is 67.6 Å². The van der Waals surface area contributed by atoms with Gasteiger partial charge in [0.25, 0.3) is 0 Å². The molecule has 0 aromatic carbocycles. The van der Waals surface area contributed by atoms with Gasteiger partial charge < -0.3 is 20.4 Å². The second kappa shape index (κ2) is 4.91. The van der Waals surface area contributed by atoms with Crippen LogP contribution in [0.2, 0.25) is 0 Å². The lowest BCUT2D eigenvalue weighted by atomic mass is 10.1. The Morgan fingerprint density at radius 2 is 2.35 bits per heavy atom. The largest absolute Gasteiger partial charge is 0.339 e. The number of hydrogen-bond donors (Lipinski definition) is 2. The predicted octanol–water partition coefficient (Wildman–Crippen LogP) is -0.922. The topological polar surface area (TPSA) is 64.7 Å². The second-order valence-corrected chi connectivity index (χ2v) is 4.78. The van der Waals surface area contributed by atoms with Crippen LogP contribution in [0.15, 0.2) is 0 Å². The van der Waals surface area contributed by atoms with E-state index in [0.29, 0.717) is 32.7 Å². The highest BCUT2D eigenvalue weighted by molar-refractivity contribution is 5.80. The summed E-state index contributed by atoms with van der Waals surface area (Å²) < 4.78 is 0. The lowest BCUT2D eigenvalue weighted by Gasteiger charge is -2.37. The minimum absolute atomic E-state index is 0.00314. The van der Waals surface area contributed by atoms with Crippen LogP contribution in [0.3, 0.4) is 0 Å². The first-order chi connectivity index (χ1) is 8.13. The minimum atomic E-state index is -0.00314. The summed E-state index contributed by atoms with van der Waals surface area (Å²) in [6.45, 7) is 5.24. The van der Waals surface area contributed by atoms with Gasteiger partial charge in [0.2, 0.25) is 5.91 Å². The summed E-state index contributed by atoms with van der Waals surface area (Å²) in [6, 6.07) is 0.160. The molecule has 0 aromatic rings. The maximum atomic E-state index is 12.1.